The van der Waals surface area contributed by atoms with E-state index in [-0.39, 0.29) is 12.1 Å². The molecule has 2 heterocycles. The van der Waals surface area contributed by atoms with Crippen LogP contribution in [0.4, 0.5) is 5.69 Å². The Morgan fingerprint density at radius 2 is 2.10 bits per heavy atom. The predicted molar refractivity (Wildman–Crippen MR) is 88.8 cm³/mol. The van der Waals surface area contributed by atoms with Gasteiger partial charge in [0, 0.05) is 33.3 Å². The monoisotopic (exact) mass is 363 g/mol. The maximum Gasteiger partial charge on any atom is 0.0897 e. The molecule has 0 radical (unpaired) electrons. The Morgan fingerprint density at radius 3 is 2.95 bits per heavy atom. The summed E-state index contributed by atoms with van der Waals surface area (Å²) in [5, 5.41) is 4.45. The summed E-state index contributed by atoms with van der Waals surface area (Å²) >= 11 is 9.72. The molecule has 108 valence electrons. The van der Waals surface area contributed by atoms with Gasteiger partial charge in [0.25, 0.3) is 0 Å². The van der Waals surface area contributed by atoms with Crippen molar-refractivity contribution in [1.82, 2.24) is 0 Å². The van der Waals surface area contributed by atoms with E-state index in [0.717, 1.165) is 28.2 Å². The van der Waals surface area contributed by atoms with E-state index in [9.17, 15) is 0 Å². The molecule has 0 bridgehead atoms. The van der Waals surface area contributed by atoms with E-state index in [1.807, 2.05) is 12.1 Å². The summed E-state index contributed by atoms with van der Waals surface area (Å²) in [6.07, 6.45) is 1.21. The second-order valence-electron chi connectivity index (χ2n) is 5.65. The predicted octanol–water partition coefficient (Wildman–Crippen LogP) is 5.35. The highest BCUT2D eigenvalue weighted by molar-refractivity contribution is 9.10. The second-order valence-corrected chi connectivity index (χ2v) is 7.00. The van der Waals surface area contributed by atoms with Gasteiger partial charge in [0.15, 0.2) is 0 Å². The largest absolute Gasteiger partial charge is 0.378 e. The van der Waals surface area contributed by atoms with E-state index in [4.69, 9.17) is 16.3 Å². The van der Waals surface area contributed by atoms with Crippen LogP contribution in [0.2, 0.25) is 5.02 Å². The molecule has 4 rings (SSSR count). The van der Waals surface area contributed by atoms with E-state index in [0.29, 0.717) is 5.92 Å². The molecule has 21 heavy (non-hydrogen) atoms. The number of nitrogens with one attached hydrogen (secondary N) is 1. The number of fused-ring (bicyclic) bond motifs is 3. The summed E-state index contributed by atoms with van der Waals surface area (Å²) in [4.78, 5) is 0. The number of hydrogen-bond acceptors (Lipinski definition) is 2. The molecule has 0 amide bonds. The average molecular weight is 365 g/mol. The van der Waals surface area contributed by atoms with Crippen LogP contribution in [-0.2, 0) is 4.74 Å². The highest BCUT2D eigenvalue weighted by Gasteiger charge is 2.41. The molecule has 1 N–H and O–H groups in total. The van der Waals surface area contributed by atoms with Crippen LogP contribution < -0.4 is 5.32 Å². The minimum absolute atomic E-state index is 0.143. The first-order valence-corrected chi connectivity index (χ1v) is 8.32. The lowest BCUT2D eigenvalue weighted by molar-refractivity contribution is 0.0829. The summed E-state index contributed by atoms with van der Waals surface area (Å²) in [5.74, 6) is 0.449. The van der Waals surface area contributed by atoms with E-state index < -0.39 is 0 Å². The minimum atomic E-state index is 0.143. The number of benzene rings is 2. The Morgan fingerprint density at radius 1 is 1.19 bits per heavy atom. The molecule has 0 spiro atoms. The lowest BCUT2D eigenvalue weighted by Crippen LogP contribution is -2.29. The van der Waals surface area contributed by atoms with Gasteiger partial charge in [-0.25, -0.2) is 0 Å². The minimum Gasteiger partial charge on any atom is -0.378 e. The topological polar surface area (TPSA) is 21.3 Å². The quantitative estimate of drug-likeness (QED) is 0.737. The van der Waals surface area contributed by atoms with Crippen molar-refractivity contribution in [3.05, 3.63) is 63.1 Å². The van der Waals surface area contributed by atoms with Crippen molar-refractivity contribution in [3.8, 4) is 0 Å². The van der Waals surface area contributed by atoms with Crippen molar-refractivity contribution in [2.24, 2.45) is 5.92 Å². The van der Waals surface area contributed by atoms with Gasteiger partial charge in [0.2, 0.25) is 0 Å². The van der Waals surface area contributed by atoms with Gasteiger partial charge in [-0.15, -0.1) is 0 Å². The first kappa shape index (κ1) is 13.6. The molecule has 3 atom stereocenters. The molecule has 4 heteroatoms. The fraction of sp³-hybridized carbons (Fsp3) is 0.294. The Balaban J connectivity index is 1.79. The highest BCUT2D eigenvalue weighted by Crippen LogP contribution is 2.50. The molecule has 2 nitrogen and oxygen atoms in total. The Hall–Kier alpha value is -1.03. The number of halogens is 2. The second kappa shape index (κ2) is 5.31. The maximum atomic E-state index is 6.15. The maximum absolute atomic E-state index is 6.15. The normalized spacial score (nSPS) is 26.9. The molecule has 1 fully saturated rings. The van der Waals surface area contributed by atoms with Gasteiger partial charge in [0.1, 0.15) is 0 Å². The molecular formula is C17H15BrClNO. The van der Waals surface area contributed by atoms with Gasteiger partial charge in [0.05, 0.1) is 12.1 Å². The molecule has 0 saturated carbocycles. The zero-order valence-electron chi connectivity index (χ0n) is 11.4. The van der Waals surface area contributed by atoms with Crippen LogP contribution in [0.5, 0.6) is 0 Å². The third-order valence-electron chi connectivity index (χ3n) is 4.40. The molecular weight excluding hydrogens is 350 g/mol. The number of ether oxygens (including phenoxy) is 1. The highest BCUT2D eigenvalue weighted by atomic mass is 79.9. The molecule has 0 aliphatic carbocycles. The van der Waals surface area contributed by atoms with Crippen molar-refractivity contribution >= 4 is 33.2 Å². The lowest BCUT2D eigenvalue weighted by atomic mass is 9.81. The number of hydrogen-bond donors (Lipinski definition) is 1. The molecule has 1 saturated heterocycles. The average Bonchev–Trinajstić information content (AvgIpc) is 2.96. The fourth-order valence-corrected chi connectivity index (χ4v) is 4.07. The first-order valence-electron chi connectivity index (χ1n) is 7.15. The Bertz CT molecular complexity index is 690. The van der Waals surface area contributed by atoms with E-state index >= 15 is 0 Å². The van der Waals surface area contributed by atoms with E-state index in [1.54, 1.807) is 0 Å². The van der Waals surface area contributed by atoms with Gasteiger partial charge in [-0.05, 0) is 42.3 Å². The SMILES string of the molecule is Clc1ccc2c(c1)[C@@H]1OCC[C@@H]1[C@H](c1cccc(Br)c1)N2. The summed E-state index contributed by atoms with van der Waals surface area (Å²) in [7, 11) is 0. The zero-order chi connectivity index (χ0) is 14.4. The zero-order valence-corrected chi connectivity index (χ0v) is 13.7. The van der Waals surface area contributed by atoms with Crippen molar-refractivity contribution in [1.29, 1.82) is 0 Å². The summed E-state index contributed by atoms with van der Waals surface area (Å²) in [6, 6.07) is 14.8. The Labute approximate surface area is 137 Å². The van der Waals surface area contributed by atoms with Crippen LogP contribution in [0.15, 0.2) is 46.9 Å². The van der Waals surface area contributed by atoms with E-state index in [1.165, 1.54) is 11.1 Å². The van der Waals surface area contributed by atoms with Gasteiger partial charge in [-0.1, -0.05) is 39.7 Å². The smallest absolute Gasteiger partial charge is 0.0897 e. The summed E-state index contributed by atoms with van der Waals surface area (Å²) < 4.78 is 7.12. The number of rotatable bonds is 1. The van der Waals surface area contributed by atoms with Crippen LogP contribution in [0, 0.1) is 5.92 Å². The van der Waals surface area contributed by atoms with Crippen LogP contribution in [0.1, 0.15) is 29.7 Å². The third-order valence-corrected chi connectivity index (χ3v) is 5.13. The van der Waals surface area contributed by atoms with Crippen LogP contribution in [-0.4, -0.2) is 6.61 Å². The summed E-state index contributed by atoms with van der Waals surface area (Å²) in [6.45, 7) is 0.813. The molecule has 2 aromatic carbocycles. The molecule has 0 aromatic heterocycles. The third kappa shape index (κ3) is 2.37. The van der Waals surface area contributed by atoms with Gasteiger partial charge in [-0.2, -0.15) is 0 Å². The molecule has 2 aliphatic heterocycles. The molecule has 0 unspecified atom stereocenters. The van der Waals surface area contributed by atoms with Crippen LogP contribution in [0.3, 0.4) is 0 Å². The van der Waals surface area contributed by atoms with Gasteiger partial charge >= 0.3 is 0 Å². The van der Waals surface area contributed by atoms with Crippen molar-refractivity contribution in [3.63, 3.8) is 0 Å². The molecule has 2 aromatic rings. The fourth-order valence-electron chi connectivity index (χ4n) is 3.47. The number of anilines is 1. The summed E-state index contributed by atoms with van der Waals surface area (Å²) in [5.41, 5.74) is 3.62. The lowest BCUT2D eigenvalue weighted by Gasteiger charge is -2.36. The first-order chi connectivity index (χ1) is 10.2. The Kier molecular flexibility index (Phi) is 3.44. The van der Waals surface area contributed by atoms with E-state index in [2.05, 4.69) is 51.6 Å². The van der Waals surface area contributed by atoms with Gasteiger partial charge in [-0.3, -0.25) is 0 Å². The van der Waals surface area contributed by atoms with Crippen LogP contribution in [0.25, 0.3) is 0 Å². The standard InChI is InChI=1S/C17H15BrClNO/c18-11-3-1-2-10(8-11)16-13-6-7-21-17(13)14-9-12(19)4-5-15(14)20-16/h1-5,8-9,13,16-17,20H,6-7H2/t13-,16+,17-/m1/s1. The van der Waals surface area contributed by atoms with Gasteiger partial charge < -0.3 is 10.1 Å². The van der Waals surface area contributed by atoms with Crippen LogP contribution >= 0.6 is 27.5 Å². The van der Waals surface area contributed by atoms with Crippen molar-refractivity contribution < 1.29 is 4.74 Å². The van der Waals surface area contributed by atoms with Crippen molar-refractivity contribution in [2.75, 3.05) is 11.9 Å². The molecule has 2 aliphatic rings. The van der Waals surface area contributed by atoms with Crippen molar-refractivity contribution in [2.45, 2.75) is 18.6 Å².